The second kappa shape index (κ2) is 8.95. The van der Waals surface area contributed by atoms with Crippen LogP contribution < -0.4 is 0 Å². The van der Waals surface area contributed by atoms with Gasteiger partial charge in [-0.1, -0.05) is 41.9 Å². The van der Waals surface area contributed by atoms with E-state index >= 15 is 0 Å². The van der Waals surface area contributed by atoms with Crippen molar-refractivity contribution >= 4 is 28.4 Å². The molecule has 0 radical (unpaired) electrons. The number of benzene rings is 2. The summed E-state index contributed by atoms with van der Waals surface area (Å²) in [5.41, 5.74) is 3.28. The zero-order chi connectivity index (χ0) is 21.2. The van der Waals surface area contributed by atoms with Gasteiger partial charge in [0.05, 0.1) is 22.9 Å². The average Bonchev–Trinajstić information content (AvgIpc) is 3.32. The number of aromatic nitrogens is 1. The second-order valence-electron chi connectivity index (χ2n) is 8.31. The van der Waals surface area contributed by atoms with E-state index in [1.807, 2.05) is 59.5 Å². The van der Waals surface area contributed by atoms with E-state index in [1.165, 1.54) is 0 Å². The van der Waals surface area contributed by atoms with Crippen LogP contribution in [0.3, 0.4) is 0 Å². The number of rotatable bonds is 4. The summed E-state index contributed by atoms with van der Waals surface area (Å²) in [6, 6.07) is 17.4. The average molecular weight is 436 g/mol. The third-order valence-corrected chi connectivity index (χ3v) is 6.48. The minimum atomic E-state index is 0.0746. The van der Waals surface area contributed by atoms with Gasteiger partial charge in [0.1, 0.15) is 0 Å². The number of nitrogens with zero attached hydrogens (tertiary/aromatic N) is 3. The van der Waals surface area contributed by atoms with E-state index in [0.29, 0.717) is 16.7 Å². The van der Waals surface area contributed by atoms with Crippen molar-refractivity contribution in [3.8, 4) is 11.3 Å². The first-order valence-electron chi connectivity index (χ1n) is 11.0. The monoisotopic (exact) mass is 435 g/mol. The first-order chi connectivity index (χ1) is 15.2. The van der Waals surface area contributed by atoms with Gasteiger partial charge in [-0.15, -0.1) is 0 Å². The number of pyridine rings is 1. The van der Waals surface area contributed by atoms with Crippen LogP contribution in [0, 0.1) is 0 Å². The van der Waals surface area contributed by atoms with E-state index in [4.69, 9.17) is 21.3 Å². The summed E-state index contributed by atoms with van der Waals surface area (Å²) in [5.74, 6) is 0.0746. The van der Waals surface area contributed by atoms with Crippen LogP contribution in [-0.2, 0) is 4.74 Å². The number of carbonyl (C=O) groups excluding carboxylic acids is 1. The molecule has 0 bridgehead atoms. The Bertz CT molecular complexity index is 1070. The van der Waals surface area contributed by atoms with E-state index in [2.05, 4.69) is 4.90 Å². The molecule has 2 aliphatic heterocycles. The van der Waals surface area contributed by atoms with E-state index in [0.717, 1.165) is 74.3 Å². The van der Waals surface area contributed by atoms with Crippen molar-refractivity contribution in [2.75, 3.05) is 39.3 Å². The summed E-state index contributed by atoms with van der Waals surface area (Å²) >= 11 is 6.05. The number of amides is 1. The van der Waals surface area contributed by atoms with E-state index in [9.17, 15) is 4.79 Å². The van der Waals surface area contributed by atoms with Crippen LogP contribution >= 0.6 is 11.6 Å². The minimum absolute atomic E-state index is 0.0746. The highest BCUT2D eigenvalue weighted by Gasteiger charge is 2.26. The predicted molar refractivity (Wildman–Crippen MR) is 124 cm³/mol. The topological polar surface area (TPSA) is 45.7 Å². The molecular formula is C25H26ClN3O2. The quantitative estimate of drug-likeness (QED) is 0.605. The fourth-order valence-corrected chi connectivity index (χ4v) is 4.63. The zero-order valence-electron chi connectivity index (χ0n) is 17.5. The lowest BCUT2D eigenvalue weighted by molar-refractivity contribution is 0.0433. The number of fused-ring (bicyclic) bond motifs is 1. The van der Waals surface area contributed by atoms with Gasteiger partial charge >= 0.3 is 0 Å². The lowest BCUT2D eigenvalue weighted by atomic mass is 10.0. The van der Waals surface area contributed by atoms with Gasteiger partial charge in [-0.2, -0.15) is 0 Å². The number of piperazine rings is 1. The fourth-order valence-electron chi connectivity index (χ4n) is 4.50. The Balaban J connectivity index is 1.38. The molecule has 2 aromatic carbocycles. The maximum Gasteiger partial charge on any atom is 0.254 e. The number of hydrogen-bond acceptors (Lipinski definition) is 4. The minimum Gasteiger partial charge on any atom is -0.377 e. The number of hydrogen-bond donors (Lipinski definition) is 0. The molecule has 3 aromatic rings. The van der Waals surface area contributed by atoms with Crippen molar-refractivity contribution in [2.45, 2.75) is 18.9 Å². The Morgan fingerprint density at radius 2 is 1.84 bits per heavy atom. The molecule has 2 fully saturated rings. The number of carbonyl (C=O) groups is 1. The summed E-state index contributed by atoms with van der Waals surface area (Å²) in [4.78, 5) is 22.7. The van der Waals surface area contributed by atoms with Gasteiger partial charge in [-0.3, -0.25) is 9.69 Å². The second-order valence-corrected chi connectivity index (χ2v) is 8.74. The molecule has 0 spiro atoms. The molecule has 5 nitrogen and oxygen atoms in total. The molecule has 0 saturated carbocycles. The lowest BCUT2D eigenvalue weighted by Gasteiger charge is -2.36. The molecule has 1 aromatic heterocycles. The highest BCUT2D eigenvalue weighted by atomic mass is 35.5. The molecule has 0 aliphatic carbocycles. The third-order valence-electron chi connectivity index (χ3n) is 6.23. The van der Waals surface area contributed by atoms with Crippen molar-refractivity contribution in [1.82, 2.24) is 14.8 Å². The van der Waals surface area contributed by atoms with Crippen LogP contribution in [0.15, 0.2) is 54.6 Å². The van der Waals surface area contributed by atoms with Gasteiger partial charge in [0, 0.05) is 55.3 Å². The van der Waals surface area contributed by atoms with Gasteiger partial charge in [0.25, 0.3) is 5.91 Å². The lowest BCUT2D eigenvalue weighted by Crippen LogP contribution is -2.50. The van der Waals surface area contributed by atoms with Gasteiger partial charge < -0.3 is 9.64 Å². The van der Waals surface area contributed by atoms with Crippen molar-refractivity contribution in [1.29, 1.82) is 0 Å². The van der Waals surface area contributed by atoms with Crippen LogP contribution in [0.25, 0.3) is 22.2 Å². The molecule has 2 saturated heterocycles. The maximum atomic E-state index is 13.5. The van der Waals surface area contributed by atoms with Gasteiger partial charge in [-0.25, -0.2) is 4.98 Å². The third kappa shape index (κ3) is 4.45. The summed E-state index contributed by atoms with van der Waals surface area (Å²) in [6.45, 7) is 5.10. The molecule has 2 aliphatic rings. The van der Waals surface area contributed by atoms with E-state index in [1.54, 1.807) is 0 Å². The maximum absolute atomic E-state index is 13.5. The molecule has 160 valence electrons. The normalized spacial score (nSPS) is 19.8. The molecular weight excluding hydrogens is 410 g/mol. The summed E-state index contributed by atoms with van der Waals surface area (Å²) in [5, 5.41) is 1.58. The number of ether oxygens (including phenoxy) is 1. The Morgan fingerprint density at radius 3 is 2.58 bits per heavy atom. The summed E-state index contributed by atoms with van der Waals surface area (Å²) in [6.07, 6.45) is 2.66. The standard InChI is InChI=1S/C25H26ClN3O2/c26-19-9-7-18(8-10-19)24-16-22(21-5-1-2-6-23(21)27-24)25(30)29-13-11-28(12-14-29)17-20-4-3-15-31-20/h1-2,5-10,16,20H,3-4,11-15,17H2. The van der Waals surface area contributed by atoms with Crippen LogP contribution in [0.5, 0.6) is 0 Å². The van der Waals surface area contributed by atoms with Crippen LogP contribution in [0.1, 0.15) is 23.2 Å². The molecule has 5 rings (SSSR count). The van der Waals surface area contributed by atoms with Crippen molar-refractivity contribution in [2.24, 2.45) is 0 Å². The van der Waals surface area contributed by atoms with Crippen molar-refractivity contribution in [3.05, 3.63) is 65.2 Å². The molecule has 1 unspecified atom stereocenters. The number of halogens is 1. The molecule has 1 amide bonds. The Kier molecular flexibility index (Phi) is 5.90. The first kappa shape index (κ1) is 20.4. The number of para-hydroxylation sites is 1. The molecule has 6 heteroatoms. The van der Waals surface area contributed by atoms with Gasteiger partial charge in [0.2, 0.25) is 0 Å². The fraction of sp³-hybridized carbons (Fsp3) is 0.360. The SMILES string of the molecule is O=C(c1cc(-c2ccc(Cl)cc2)nc2ccccc12)N1CCN(CC2CCCO2)CC1. The van der Waals surface area contributed by atoms with Gasteiger partial charge in [0.15, 0.2) is 0 Å². The van der Waals surface area contributed by atoms with Crippen molar-refractivity contribution < 1.29 is 9.53 Å². The first-order valence-corrected chi connectivity index (χ1v) is 11.3. The summed E-state index contributed by atoms with van der Waals surface area (Å²) in [7, 11) is 0. The van der Waals surface area contributed by atoms with E-state index in [-0.39, 0.29) is 5.91 Å². The van der Waals surface area contributed by atoms with Crippen LogP contribution in [-0.4, -0.2) is 66.1 Å². The highest BCUT2D eigenvalue weighted by molar-refractivity contribution is 6.30. The Morgan fingerprint density at radius 1 is 1.06 bits per heavy atom. The zero-order valence-corrected chi connectivity index (χ0v) is 18.2. The Hall–Kier alpha value is -2.47. The van der Waals surface area contributed by atoms with E-state index < -0.39 is 0 Å². The summed E-state index contributed by atoms with van der Waals surface area (Å²) < 4.78 is 5.77. The van der Waals surface area contributed by atoms with Crippen LogP contribution in [0.4, 0.5) is 0 Å². The van der Waals surface area contributed by atoms with Crippen molar-refractivity contribution in [3.63, 3.8) is 0 Å². The Labute approximate surface area is 187 Å². The smallest absolute Gasteiger partial charge is 0.254 e. The highest BCUT2D eigenvalue weighted by Crippen LogP contribution is 2.27. The molecule has 1 atom stereocenters. The van der Waals surface area contributed by atoms with Crippen LogP contribution in [0.2, 0.25) is 5.02 Å². The molecule has 3 heterocycles. The molecule has 31 heavy (non-hydrogen) atoms. The molecule has 0 N–H and O–H groups in total. The van der Waals surface area contributed by atoms with Gasteiger partial charge in [-0.05, 0) is 37.1 Å². The predicted octanol–water partition coefficient (Wildman–Crippen LogP) is 4.49. The largest absolute Gasteiger partial charge is 0.377 e.